The van der Waals surface area contributed by atoms with Crippen LogP contribution in [-0.4, -0.2) is 48.9 Å². The molecule has 0 spiro atoms. The largest absolute Gasteiger partial charge is 0.457 e. The predicted molar refractivity (Wildman–Crippen MR) is 89.2 cm³/mol. The van der Waals surface area contributed by atoms with Crippen LogP contribution in [0.5, 0.6) is 11.5 Å². The molecular formula is C17H21FN4O. The summed E-state index contributed by atoms with van der Waals surface area (Å²) in [5.74, 6) is 1.79. The van der Waals surface area contributed by atoms with Crippen molar-refractivity contribution in [2.24, 2.45) is 4.99 Å². The molecule has 0 radical (unpaired) electrons. The summed E-state index contributed by atoms with van der Waals surface area (Å²) in [6.45, 7) is 0.451. The van der Waals surface area contributed by atoms with E-state index in [-0.39, 0.29) is 5.82 Å². The molecule has 0 N–H and O–H groups in total. The molecule has 1 heterocycles. The maximum Gasteiger partial charge on any atom is 0.195 e. The maximum absolute atomic E-state index is 12.9. The molecule has 0 aliphatic heterocycles. The highest BCUT2D eigenvalue weighted by Crippen LogP contribution is 2.21. The van der Waals surface area contributed by atoms with E-state index < -0.39 is 0 Å². The molecule has 6 heteroatoms. The normalized spacial score (nSPS) is 10.1. The van der Waals surface area contributed by atoms with Crippen molar-refractivity contribution in [1.82, 2.24) is 14.8 Å². The molecule has 0 saturated heterocycles. The van der Waals surface area contributed by atoms with Crippen molar-refractivity contribution in [1.29, 1.82) is 0 Å². The molecule has 1 aromatic heterocycles. The van der Waals surface area contributed by atoms with Crippen LogP contribution in [0.15, 0.2) is 47.6 Å². The van der Waals surface area contributed by atoms with Crippen LogP contribution in [0.2, 0.25) is 0 Å². The lowest BCUT2D eigenvalue weighted by atomic mass is 10.3. The minimum absolute atomic E-state index is 0.290. The first-order valence-corrected chi connectivity index (χ1v) is 7.23. The fraction of sp³-hybridized carbons (Fsp3) is 0.294. The minimum Gasteiger partial charge on any atom is -0.457 e. The van der Waals surface area contributed by atoms with Gasteiger partial charge in [-0.05, 0) is 30.3 Å². The van der Waals surface area contributed by atoms with Gasteiger partial charge in [-0.15, -0.1) is 0 Å². The highest BCUT2D eigenvalue weighted by molar-refractivity contribution is 5.79. The Morgan fingerprint density at radius 2 is 1.70 bits per heavy atom. The Bertz CT molecular complexity index is 659. The number of nitrogens with zero attached hydrogens (tertiary/aromatic N) is 4. The summed E-state index contributed by atoms with van der Waals surface area (Å²) in [6.07, 6.45) is 1.68. The van der Waals surface area contributed by atoms with Crippen molar-refractivity contribution in [2.75, 3.05) is 28.2 Å². The zero-order valence-electron chi connectivity index (χ0n) is 13.8. The van der Waals surface area contributed by atoms with Crippen LogP contribution in [0, 0.1) is 5.82 Å². The van der Waals surface area contributed by atoms with Crippen LogP contribution < -0.4 is 4.74 Å². The van der Waals surface area contributed by atoms with Crippen molar-refractivity contribution >= 4 is 5.96 Å². The summed E-state index contributed by atoms with van der Waals surface area (Å²) in [6, 6.07) is 9.49. The van der Waals surface area contributed by atoms with Crippen LogP contribution in [0.1, 0.15) is 5.69 Å². The van der Waals surface area contributed by atoms with Crippen LogP contribution >= 0.6 is 0 Å². The molecular weight excluding hydrogens is 295 g/mol. The molecule has 2 aromatic rings. The van der Waals surface area contributed by atoms with Gasteiger partial charge >= 0.3 is 0 Å². The van der Waals surface area contributed by atoms with E-state index in [0.29, 0.717) is 18.0 Å². The number of aromatic nitrogens is 1. The lowest BCUT2D eigenvalue weighted by Crippen LogP contribution is -2.35. The first kappa shape index (κ1) is 16.7. The van der Waals surface area contributed by atoms with E-state index in [4.69, 9.17) is 4.74 Å². The second-order valence-corrected chi connectivity index (χ2v) is 5.44. The SMILES string of the molecule is CN(C)C(=NCc1cc(Oc2ccc(F)cc2)ccn1)N(C)C. The van der Waals surface area contributed by atoms with Gasteiger partial charge in [0.25, 0.3) is 0 Å². The van der Waals surface area contributed by atoms with Crippen molar-refractivity contribution in [3.63, 3.8) is 0 Å². The van der Waals surface area contributed by atoms with E-state index in [2.05, 4.69) is 9.98 Å². The van der Waals surface area contributed by atoms with Crippen molar-refractivity contribution in [3.05, 3.63) is 54.1 Å². The second-order valence-electron chi connectivity index (χ2n) is 5.44. The average Bonchev–Trinajstić information content (AvgIpc) is 2.49. The van der Waals surface area contributed by atoms with Gasteiger partial charge in [0.1, 0.15) is 17.3 Å². The van der Waals surface area contributed by atoms with Crippen LogP contribution in [0.4, 0.5) is 4.39 Å². The number of hydrogen-bond acceptors (Lipinski definition) is 3. The molecule has 0 aliphatic rings. The summed E-state index contributed by atoms with van der Waals surface area (Å²) in [4.78, 5) is 12.7. The summed E-state index contributed by atoms with van der Waals surface area (Å²) >= 11 is 0. The highest BCUT2D eigenvalue weighted by atomic mass is 19.1. The number of ether oxygens (including phenoxy) is 1. The van der Waals surface area contributed by atoms with E-state index in [1.165, 1.54) is 12.1 Å². The van der Waals surface area contributed by atoms with E-state index >= 15 is 0 Å². The molecule has 0 bridgehead atoms. The molecule has 0 fully saturated rings. The molecule has 23 heavy (non-hydrogen) atoms. The second kappa shape index (κ2) is 7.58. The molecule has 0 amide bonds. The quantitative estimate of drug-likeness (QED) is 0.642. The molecule has 0 aliphatic carbocycles. The Balaban J connectivity index is 2.10. The molecule has 0 atom stereocenters. The van der Waals surface area contributed by atoms with Crippen LogP contribution in [-0.2, 0) is 6.54 Å². The molecule has 5 nitrogen and oxygen atoms in total. The number of halogens is 1. The van der Waals surface area contributed by atoms with Gasteiger partial charge in [-0.2, -0.15) is 0 Å². The maximum atomic E-state index is 12.9. The number of rotatable bonds is 4. The van der Waals surface area contributed by atoms with Gasteiger partial charge in [0, 0.05) is 40.5 Å². The topological polar surface area (TPSA) is 41.0 Å². The monoisotopic (exact) mass is 316 g/mol. The van der Waals surface area contributed by atoms with E-state index in [1.54, 1.807) is 24.4 Å². The zero-order chi connectivity index (χ0) is 16.8. The predicted octanol–water partition coefficient (Wildman–Crippen LogP) is 2.99. The van der Waals surface area contributed by atoms with Gasteiger partial charge in [-0.3, -0.25) is 4.98 Å². The number of pyridine rings is 1. The van der Waals surface area contributed by atoms with E-state index in [0.717, 1.165) is 11.7 Å². The molecule has 1 aromatic carbocycles. The van der Waals surface area contributed by atoms with E-state index in [9.17, 15) is 4.39 Å². The number of guanidine groups is 1. The fourth-order valence-corrected chi connectivity index (χ4v) is 2.08. The average molecular weight is 316 g/mol. The van der Waals surface area contributed by atoms with Gasteiger partial charge in [0.15, 0.2) is 5.96 Å². The molecule has 2 rings (SSSR count). The van der Waals surface area contributed by atoms with Gasteiger partial charge in [-0.1, -0.05) is 0 Å². The van der Waals surface area contributed by atoms with Crippen molar-refractivity contribution in [3.8, 4) is 11.5 Å². The third-order valence-corrected chi connectivity index (χ3v) is 3.02. The van der Waals surface area contributed by atoms with Gasteiger partial charge in [0.05, 0.1) is 12.2 Å². The summed E-state index contributed by atoms with van der Waals surface area (Å²) < 4.78 is 18.6. The lowest BCUT2D eigenvalue weighted by Gasteiger charge is -2.22. The summed E-state index contributed by atoms with van der Waals surface area (Å²) in [5.41, 5.74) is 0.797. The third-order valence-electron chi connectivity index (χ3n) is 3.02. The van der Waals surface area contributed by atoms with Gasteiger partial charge < -0.3 is 14.5 Å². The van der Waals surface area contributed by atoms with Crippen molar-refractivity contribution < 1.29 is 9.13 Å². The Kier molecular flexibility index (Phi) is 5.51. The summed E-state index contributed by atoms with van der Waals surface area (Å²) in [7, 11) is 7.78. The first-order valence-electron chi connectivity index (χ1n) is 7.23. The first-order chi connectivity index (χ1) is 11.0. The zero-order valence-corrected chi connectivity index (χ0v) is 13.8. The third kappa shape index (κ3) is 4.95. The Morgan fingerprint density at radius 1 is 1.04 bits per heavy atom. The number of aliphatic imine (C=N–C) groups is 1. The standard InChI is InChI=1S/C17H21FN4O/c1-21(2)17(22(3)4)20-12-14-11-16(9-10-19-14)23-15-7-5-13(18)6-8-15/h5-11H,12H2,1-4H3. The Hall–Kier alpha value is -2.63. The smallest absolute Gasteiger partial charge is 0.195 e. The van der Waals surface area contributed by atoms with Crippen LogP contribution in [0.25, 0.3) is 0 Å². The molecule has 0 unspecified atom stereocenters. The molecule has 0 saturated carbocycles. The van der Waals surface area contributed by atoms with Gasteiger partial charge in [-0.25, -0.2) is 9.38 Å². The van der Waals surface area contributed by atoms with Crippen LogP contribution in [0.3, 0.4) is 0 Å². The number of hydrogen-bond donors (Lipinski definition) is 0. The lowest BCUT2D eigenvalue weighted by molar-refractivity contribution is 0.476. The van der Waals surface area contributed by atoms with Crippen molar-refractivity contribution in [2.45, 2.75) is 6.54 Å². The highest BCUT2D eigenvalue weighted by Gasteiger charge is 2.05. The summed E-state index contributed by atoms with van der Waals surface area (Å²) in [5, 5.41) is 0. The number of benzene rings is 1. The Labute approximate surface area is 136 Å². The molecule has 122 valence electrons. The fourth-order valence-electron chi connectivity index (χ4n) is 2.08. The van der Waals surface area contributed by atoms with Gasteiger partial charge in [0.2, 0.25) is 0 Å². The minimum atomic E-state index is -0.290. The Morgan fingerprint density at radius 3 is 2.30 bits per heavy atom. The van der Waals surface area contributed by atoms with E-state index in [1.807, 2.05) is 44.1 Å².